The first kappa shape index (κ1) is 11.5. The number of aromatic nitrogens is 1. The third-order valence-corrected chi connectivity index (χ3v) is 2.51. The number of ether oxygens (including phenoxy) is 1. The van der Waals surface area contributed by atoms with E-state index in [9.17, 15) is 4.79 Å². The zero-order valence-electron chi connectivity index (χ0n) is 9.80. The quantitative estimate of drug-likeness (QED) is 0.755. The molecule has 0 aliphatic heterocycles. The molecule has 17 heavy (non-hydrogen) atoms. The van der Waals surface area contributed by atoms with E-state index in [1.165, 1.54) is 0 Å². The summed E-state index contributed by atoms with van der Waals surface area (Å²) in [6.45, 7) is 2.89. The molecule has 2 aromatic rings. The Balaban J connectivity index is 2.17. The van der Waals surface area contributed by atoms with E-state index in [4.69, 9.17) is 4.74 Å². The maximum Gasteiger partial charge on any atom is 0.354 e. The van der Waals surface area contributed by atoms with Gasteiger partial charge in [-0.2, -0.15) is 0 Å². The topological polar surface area (TPSA) is 31.2 Å². The molecule has 88 valence electrons. The van der Waals surface area contributed by atoms with Crippen LogP contribution in [0.3, 0.4) is 0 Å². The minimum Gasteiger partial charge on any atom is -0.461 e. The van der Waals surface area contributed by atoms with Crippen molar-refractivity contribution in [1.82, 2.24) is 4.57 Å². The number of nitrogens with zero attached hydrogens (tertiary/aromatic N) is 1. The van der Waals surface area contributed by atoms with Gasteiger partial charge < -0.3 is 9.30 Å². The van der Waals surface area contributed by atoms with Crippen molar-refractivity contribution in [3.63, 3.8) is 0 Å². The molecule has 0 atom stereocenters. The average Bonchev–Trinajstić information content (AvgIpc) is 2.79. The van der Waals surface area contributed by atoms with E-state index in [2.05, 4.69) is 0 Å². The summed E-state index contributed by atoms with van der Waals surface area (Å²) in [7, 11) is 0. The van der Waals surface area contributed by atoms with Gasteiger partial charge in [0.05, 0.1) is 6.61 Å². The lowest BCUT2D eigenvalue weighted by Crippen LogP contribution is -2.12. The lowest BCUT2D eigenvalue weighted by Gasteiger charge is -2.08. The van der Waals surface area contributed by atoms with Crippen molar-refractivity contribution in [2.45, 2.75) is 13.5 Å². The molecule has 0 aliphatic rings. The van der Waals surface area contributed by atoms with Gasteiger partial charge in [0.1, 0.15) is 5.69 Å². The van der Waals surface area contributed by atoms with Crippen molar-refractivity contribution in [2.75, 3.05) is 6.61 Å². The zero-order chi connectivity index (χ0) is 12.1. The minimum absolute atomic E-state index is 0.270. The van der Waals surface area contributed by atoms with Gasteiger partial charge in [0.15, 0.2) is 0 Å². The van der Waals surface area contributed by atoms with Crippen LogP contribution in [0.2, 0.25) is 0 Å². The van der Waals surface area contributed by atoms with Crippen molar-refractivity contribution in [3.05, 3.63) is 59.9 Å². The van der Waals surface area contributed by atoms with Crippen LogP contribution in [-0.2, 0) is 11.3 Å². The molecule has 0 bridgehead atoms. The lowest BCUT2D eigenvalue weighted by atomic mass is 10.2. The molecule has 0 N–H and O–H groups in total. The van der Waals surface area contributed by atoms with E-state index >= 15 is 0 Å². The highest BCUT2D eigenvalue weighted by Crippen LogP contribution is 2.09. The van der Waals surface area contributed by atoms with Gasteiger partial charge in [-0.3, -0.25) is 0 Å². The molecule has 0 saturated heterocycles. The summed E-state index contributed by atoms with van der Waals surface area (Å²) in [5.74, 6) is -0.270. The highest BCUT2D eigenvalue weighted by molar-refractivity contribution is 5.87. The average molecular weight is 229 g/mol. The molecule has 3 nitrogen and oxygen atoms in total. The van der Waals surface area contributed by atoms with Gasteiger partial charge in [-0.15, -0.1) is 0 Å². The number of esters is 1. The van der Waals surface area contributed by atoms with Gasteiger partial charge in [-0.1, -0.05) is 30.3 Å². The number of rotatable bonds is 4. The predicted molar refractivity (Wildman–Crippen MR) is 65.9 cm³/mol. The van der Waals surface area contributed by atoms with Crippen molar-refractivity contribution in [2.24, 2.45) is 0 Å². The van der Waals surface area contributed by atoms with E-state index in [1.54, 1.807) is 6.07 Å². The fourth-order valence-corrected chi connectivity index (χ4v) is 1.72. The van der Waals surface area contributed by atoms with Crippen LogP contribution in [0.1, 0.15) is 23.0 Å². The van der Waals surface area contributed by atoms with Crippen LogP contribution in [0.15, 0.2) is 48.7 Å². The summed E-state index contributed by atoms with van der Waals surface area (Å²) >= 11 is 0. The maximum atomic E-state index is 11.7. The first-order valence-electron chi connectivity index (χ1n) is 5.67. The van der Waals surface area contributed by atoms with Gasteiger partial charge in [0.25, 0.3) is 0 Å². The normalized spacial score (nSPS) is 10.2. The Kier molecular flexibility index (Phi) is 3.60. The number of carbonyl (C=O) groups excluding carboxylic acids is 1. The van der Waals surface area contributed by atoms with Gasteiger partial charge in [0.2, 0.25) is 0 Å². The van der Waals surface area contributed by atoms with Crippen LogP contribution in [-0.4, -0.2) is 17.1 Å². The molecule has 0 amide bonds. The first-order valence-corrected chi connectivity index (χ1v) is 5.67. The minimum atomic E-state index is -0.270. The highest BCUT2D eigenvalue weighted by atomic mass is 16.5. The second-order valence-electron chi connectivity index (χ2n) is 3.73. The van der Waals surface area contributed by atoms with E-state index in [0.717, 1.165) is 5.56 Å². The lowest BCUT2D eigenvalue weighted by molar-refractivity contribution is 0.0514. The van der Waals surface area contributed by atoms with Crippen molar-refractivity contribution < 1.29 is 9.53 Å². The Hall–Kier alpha value is -2.03. The number of hydrogen-bond acceptors (Lipinski definition) is 2. The van der Waals surface area contributed by atoms with E-state index < -0.39 is 0 Å². The van der Waals surface area contributed by atoms with Gasteiger partial charge in [0, 0.05) is 12.7 Å². The molecule has 1 heterocycles. The van der Waals surface area contributed by atoms with E-state index in [0.29, 0.717) is 18.8 Å². The molecular weight excluding hydrogens is 214 g/mol. The molecule has 0 saturated carbocycles. The van der Waals surface area contributed by atoms with Crippen LogP contribution in [0.25, 0.3) is 0 Å². The third kappa shape index (κ3) is 2.75. The van der Waals surface area contributed by atoms with Gasteiger partial charge in [-0.05, 0) is 24.6 Å². The summed E-state index contributed by atoms with van der Waals surface area (Å²) < 4.78 is 6.90. The molecule has 2 rings (SSSR count). The SMILES string of the molecule is CCOC(=O)c1cccn1Cc1ccccc1. The molecular formula is C14H15NO2. The van der Waals surface area contributed by atoms with Crippen LogP contribution >= 0.6 is 0 Å². The van der Waals surface area contributed by atoms with Crippen molar-refractivity contribution in [3.8, 4) is 0 Å². The first-order chi connectivity index (χ1) is 8.31. The second kappa shape index (κ2) is 5.34. The summed E-state index contributed by atoms with van der Waals surface area (Å²) in [5, 5.41) is 0. The molecule has 1 aromatic heterocycles. The smallest absolute Gasteiger partial charge is 0.354 e. The van der Waals surface area contributed by atoms with Crippen LogP contribution in [0.5, 0.6) is 0 Å². The monoisotopic (exact) mass is 229 g/mol. The highest BCUT2D eigenvalue weighted by Gasteiger charge is 2.11. The molecule has 3 heteroatoms. The molecule has 0 aliphatic carbocycles. The molecule has 0 fully saturated rings. The van der Waals surface area contributed by atoms with Gasteiger partial charge in [-0.25, -0.2) is 4.79 Å². The maximum absolute atomic E-state index is 11.7. The molecule has 1 aromatic carbocycles. The predicted octanol–water partition coefficient (Wildman–Crippen LogP) is 2.71. The number of carbonyl (C=O) groups is 1. The van der Waals surface area contributed by atoms with Crippen molar-refractivity contribution in [1.29, 1.82) is 0 Å². The van der Waals surface area contributed by atoms with E-state index in [-0.39, 0.29) is 5.97 Å². The Morgan fingerprint density at radius 1 is 1.18 bits per heavy atom. The second-order valence-corrected chi connectivity index (χ2v) is 3.73. The Labute approximate surface area is 101 Å². The summed E-state index contributed by atoms with van der Waals surface area (Å²) in [6.07, 6.45) is 1.89. The third-order valence-electron chi connectivity index (χ3n) is 2.51. The summed E-state index contributed by atoms with van der Waals surface area (Å²) in [6, 6.07) is 13.7. The standard InChI is InChI=1S/C14H15NO2/c1-2-17-14(16)13-9-6-10-15(13)11-12-7-4-3-5-8-12/h3-10H,2,11H2,1H3. The largest absolute Gasteiger partial charge is 0.461 e. The Bertz CT molecular complexity index is 488. The van der Waals surface area contributed by atoms with Crippen molar-refractivity contribution >= 4 is 5.97 Å². The Morgan fingerprint density at radius 2 is 1.94 bits per heavy atom. The van der Waals surface area contributed by atoms with E-state index in [1.807, 2.05) is 54.1 Å². The van der Waals surface area contributed by atoms with Crippen LogP contribution < -0.4 is 0 Å². The molecule has 0 spiro atoms. The van der Waals surface area contributed by atoms with Gasteiger partial charge >= 0.3 is 5.97 Å². The van der Waals surface area contributed by atoms with Crippen LogP contribution in [0, 0.1) is 0 Å². The number of hydrogen-bond donors (Lipinski definition) is 0. The fourth-order valence-electron chi connectivity index (χ4n) is 1.72. The Morgan fingerprint density at radius 3 is 2.65 bits per heavy atom. The number of benzene rings is 1. The fraction of sp³-hybridized carbons (Fsp3) is 0.214. The summed E-state index contributed by atoms with van der Waals surface area (Å²) in [4.78, 5) is 11.7. The summed E-state index contributed by atoms with van der Waals surface area (Å²) in [5.41, 5.74) is 1.75. The van der Waals surface area contributed by atoms with Crippen LogP contribution in [0.4, 0.5) is 0 Å². The molecule has 0 radical (unpaired) electrons. The zero-order valence-corrected chi connectivity index (χ0v) is 9.80. The molecule has 0 unspecified atom stereocenters.